The Labute approximate surface area is 114 Å². The Morgan fingerprint density at radius 2 is 1.85 bits per heavy atom. The molecule has 2 N–H and O–H groups in total. The zero-order valence-corrected chi connectivity index (χ0v) is 11.7. The van der Waals surface area contributed by atoms with Gasteiger partial charge in [-0.2, -0.15) is 9.11 Å². The van der Waals surface area contributed by atoms with E-state index in [9.17, 15) is 22.0 Å². The summed E-state index contributed by atoms with van der Waals surface area (Å²) in [5, 5.41) is 8.84. The minimum atomic E-state index is -4.54. The van der Waals surface area contributed by atoms with Gasteiger partial charge in [0.25, 0.3) is 0 Å². The van der Waals surface area contributed by atoms with E-state index in [0.29, 0.717) is 0 Å². The molecule has 1 aromatic rings. The highest BCUT2D eigenvalue weighted by Crippen LogP contribution is 2.26. The van der Waals surface area contributed by atoms with E-state index in [1.165, 1.54) is 0 Å². The van der Waals surface area contributed by atoms with E-state index >= 15 is 0 Å². The number of rotatable bonds is 5. The van der Waals surface area contributed by atoms with Crippen LogP contribution in [0.4, 0.5) is 8.78 Å². The first-order valence-electron chi connectivity index (χ1n) is 5.32. The summed E-state index contributed by atoms with van der Waals surface area (Å²) in [6.07, 6.45) is 0. The van der Waals surface area contributed by atoms with Crippen LogP contribution in [-0.2, 0) is 14.8 Å². The number of benzene rings is 1. The molecular formula is C11H13F2NO5S. The Bertz CT molecular complexity index is 642. The third-order valence-electron chi connectivity index (χ3n) is 2.45. The number of hydrogen-bond acceptors (Lipinski definition) is 4. The van der Waals surface area contributed by atoms with Gasteiger partial charge >= 0.3 is 5.97 Å². The predicted octanol–water partition coefficient (Wildman–Crippen LogP) is 1.11. The molecule has 0 amide bonds. The minimum absolute atomic E-state index is 0.459. The molecule has 0 aromatic heterocycles. The van der Waals surface area contributed by atoms with Crippen LogP contribution in [0.5, 0.6) is 5.75 Å². The summed E-state index contributed by atoms with van der Waals surface area (Å²) in [6, 6.07) is 1.72. The van der Waals surface area contributed by atoms with E-state index in [0.717, 1.165) is 33.1 Å². The monoisotopic (exact) mass is 309 g/mol. The van der Waals surface area contributed by atoms with Crippen LogP contribution < -0.4 is 9.46 Å². The minimum Gasteiger partial charge on any atom is -0.494 e. The third-order valence-corrected chi connectivity index (χ3v) is 4.12. The molecule has 0 heterocycles. The lowest BCUT2D eigenvalue weighted by Gasteiger charge is -2.21. The highest BCUT2D eigenvalue weighted by atomic mass is 32.2. The fraction of sp³-hybridized carbons (Fsp3) is 0.364. The molecule has 0 atom stereocenters. The maximum absolute atomic E-state index is 13.7. The quantitative estimate of drug-likeness (QED) is 0.850. The van der Waals surface area contributed by atoms with Gasteiger partial charge in [-0.1, -0.05) is 0 Å². The first kappa shape index (κ1) is 16.3. The first-order valence-corrected chi connectivity index (χ1v) is 6.80. The van der Waals surface area contributed by atoms with Crippen LogP contribution in [0.3, 0.4) is 0 Å². The number of ether oxygens (including phenoxy) is 1. The standard InChI is InChI=1S/C11H13F2NO5S/c1-11(2,10(15)16)14-20(17,18)7-5-4-6(19-3)8(12)9(7)13/h4-5,14H,1-3H3,(H,15,16). The third kappa shape index (κ3) is 3.05. The van der Waals surface area contributed by atoms with Crippen molar-refractivity contribution in [1.82, 2.24) is 4.72 Å². The molecule has 6 nitrogen and oxygen atoms in total. The molecule has 0 unspecified atom stereocenters. The Hall–Kier alpha value is -1.74. The van der Waals surface area contributed by atoms with Gasteiger partial charge in [0.1, 0.15) is 10.4 Å². The highest BCUT2D eigenvalue weighted by molar-refractivity contribution is 7.89. The molecule has 0 radical (unpaired) electrons. The zero-order valence-electron chi connectivity index (χ0n) is 10.9. The molecule has 1 aromatic carbocycles. The van der Waals surface area contributed by atoms with Crippen molar-refractivity contribution in [2.24, 2.45) is 0 Å². The number of sulfonamides is 1. The molecular weight excluding hydrogens is 296 g/mol. The molecule has 0 bridgehead atoms. The number of carboxylic acid groups (broad SMARTS) is 1. The van der Waals surface area contributed by atoms with Crippen molar-refractivity contribution >= 4 is 16.0 Å². The Kier molecular flexibility index (Phi) is 4.35. The summed E-state index contributed by atoms with van der Waals surface area (Å²) >= 11 is 0. The van der Waals surface area contributed by atoms with E-state index in [2.05, 4.69) is 4.74 Å². The average molecular weight is 309 g/mol. The van der Waals surface area contributed by atoms with Gasteiger partial charge in [0.05, 0.1) is 7.11 Å². The van der Waals surface area contributed by atoms with Crippen molar-refractivity contribution in [3.05, 3.63) is 23.8 Å². The summed E-state index contributed by atoms with van der Waals surface area (Å²) in [6.45, 7) is 2.15. The number of halogens is 2. The largest absolute Gasteiger partial charge is 0.494 e. The Morgan fingerprint density at radius 1 is 1.30 bits per heavy atom. The summed E-state index contributed by atoms with van der Waals surface area (Å²) in [5.74, 6) is -5.03. The Balaban J connectivity index is 3.31. The Morgan fingerprint density at radius 3 is 2.30 bits per heavy atom. The van der Waals surface area contributed by atoms with Crippen LogP contribution in [0.15, 0.2) is 17.0 Å². The van der Waals surface area contributed by atoms with E-state index < -0.39 is 43.8 Å². The molecule has 0 saturated heterocycles. The van der Waals surface area contributed by atoms with Crippen LogP contribution >= 0.6 is 0 Å². The molecule has 20 heavy (non-hydrogen) atoms. The number of aliphatic carboxylic acids is 1. The van der Waals surface area contributed by atoms with Gasteiger partial charge < -0.3 is 9.84 Å². The van der Waals surface area contributed by atoms with Crippen molar-refractivity contribution in [2.45, 2.75) is 24.3 Å². The van der Waals surface area contributed by atoms with Gasteiger partial charge in [-0.15, -0.1) is 0 Å². The van der Waals surface area contributed by atoms with E-state index in [-0.39, 0.29) is 0 Å². The van der Waals surface area contributed by atoms with Gasteiger partial charge in [-0.25, -0.2) is 12.8 Å². The lowest BCUT2D eigenvalue weighted by atomic mass is 10.1. The number of carboxylic acids is 1. The number of carbonyl (C=O) groups is 1. The van der Waals surface area contributed by atoms with Crippen molar-refractivity contribution in [3.63, 3.8) is 0 Å². The summed E-state index contributed by atoms with van der Waals surface area (Å²) in [7, 11) is -3.45. The summed E-state index contributed by atoms with van der Waals surface area (Å²) in [4.78, 5) is 9.87. The fourth-order valence-corrected chi connectivity index (χ4v) is 2.76. The molecule has 0 fully saturated rings. The van der Waals surface area contributed by atoms with Crippen LogP contribution in [0.1, 0.15) is 13.8 Å². The molecule has 0 aliphatic rings. The van der Waals surface area contributed by atoms with Gasteiger partial charge in [0, 0.05) is 0 Å². The lowest BCUT2D eigenvalue weighted by molar-refractivity contribution is -0.142. The van der Waals surface area contributed by atoms with E-state index in [4.69, 9.17) is 5.11 Å². The smallest absolute Gasteiger partial charge is 0.324 e. The van der Waals surface area contributed by atoms with E-state index in [1.807, 2.05) is 0 Å². The second-order valence-corrected chi connectivity index (χ2v) is 6.08. The molecule has 0 aliphatic heterocycles. The van der Waals surface area contributed by atoms with E-state index in [1.54, 1.807) is 4.72 Å². The highest BCUT2D eigenvalue weighted by Gasteiger charge is 2.35. The van der Waals surface area contributed by atoms with Crippen molar-refractivity contribution in [3.8, 4) is 5.75 Å². The fourth-order valence-electron chi connectivity index (χ4n) is 1.31. The van der Waals surface area contributed by atoms with Gasteiger partial charge in [-0.3, -0.25) is 4.79 Å². The molecule has 112 valence electrons. The van der Waals surface area contributed by atoms with Crippen LogP contribution in [0.2, 0.25) is 0 Å². The summed E-state index contributed by atoms with van der Waals surface area (Å²) in [5.41, 5.74) is -1.87. The number of methoxy groups -OCH3 is 1. The maximum atomic E-state index is 13.7. The zero-order chi connectivity index (χ0) is 15.7. The molecule has 0 aliphatic carbocycles. The molecule has 0 spiro atoms. The van der Waals surface area contributed by atoms with Gasteiger partial charge in [0.15, 0.2) is 11.6 Å². The lowest BCUT2D eigenvalue weighted by Crippen LogP contribution is -2.49. The number of hydrogen-bond donors (Lipinski definition) is 2. The molecule has 9 heteroatoms. The van der Waals surface area contributed by atoms with Crippen LogP contribution in [0, 0.1) is 11.6 Å². The second kappa shape index (κ2) is 5.33. The van der Waals surface area contributed by atoms with Gasteiger partial charge in [0.2, 0.25) is 15.8 Å². The second-order valence-electron chi connectivity index (χ2n) is 4.43. The van der Waals surface area contributed by atoms with Crippen molar-refractivity contribution in [1.29, 1.82) is 0 Å². The predicted molar refractivity (Wildman–Crippen MR) is 64.9 cm³/mol. The van der Waals surface area contributed by atoms with Gasteiger partial charge in [-0.05, 0) is 26.0 Å². The summed E-state index contributed by atoms with van der Waals surface area (Å²) < 4.78 is 57.3. The first-order chi connectivity index (χ1) is 9.03. The van der Waals surface area contributed by atoms with Crippen molar-refractivity contribution in [2.75, 3.05) is 7.11 Å². The number of nitrogens with one attached hydrogen (secondary N) is 1. The van der Waals surface area contributed by atoms with Crippen LogP contribution in [0.25, 0.3) is 0 Å². The normalized spacial score (nSPS) is 12.2. The van der Waals surface area contributed by atoms with Crippen molar-refractivity contribution < 1.29 is 31.8 Å². The molecule has 0 saturated carbocycles. The SMILES string of the molecule is COc1ccc(S(=O)(=O)NC(C)(C)C(=O)O)c(F)c1F. The maximum Gasteiger partial charge on any atom is 0.324 e. The molecule has 1 rings (SSSR count). The van der Waals surface area contributed by atoms with Crippen LogP contribution in [-0.4, -0.2) is 32.1 Å². The average Bonchev–Trinajstić information content (AvgIpc) is 2.30. The topological polar surface area (TPSA) is 92.7 Å².